The number of carbonyl (C=O) groups excluding carboxylic acids is 2. The van der Waals surface area contributed by atoms with Crippen molar-refractivity contribution in [2.24, 2.45) is 0 Å². The molecule has 8 rings (SSSR count). The molecule has 0 saturated carbocycles. The van der Waals surface area contributed by atoms with Gasteiger partial charge in [-0.3, -0.25) is 9.59 Å². The summed E-state index contributed by atoms with van der Waals surface area (Å²) in [5.74, 6) is -0.489. The number of alkyl halides is 3. The van der Waals surface area contributed by atoms with Crippen molar-refractivity contribution in [2.45, 2.75) is 198 Å². The number of hydrogen-bond acceptors (Lipinski definition) is 16. The summed E-state index contributed by atoms with van der Waals surface area (Å²) in [5, 5.41) is 0. The molecule has 4 aromatic carbocycles. The maximum absolute atomic E-state index is 12.6. The first-order valence-electron chi connectivity index (χ1n) is 26.8. The first kappa shape index (κ1) is 80.2. The van der Waals surface area contributed by atoms with Crippen LogP contribution in [0.1, 0.15) is 178 Å². The molecule has 478 valence electrons. The lowest BCUT2D eigenvalue weighted by atomic mass is 9.49. The van der Waals surface area contributed by atoms with Gasteiger partial charge in [-0.2, -0.15) is 21.6 Å². The van der Waals surface area contributed by atoms with Crippen LogP contribution in [0, 0.1) is 0 Å². The summed E-state index contributed by atoms with van der Waals surface area (Å²) in [6.45, 7) is 28.5. The molecule has 0 aromatic heterocycles. The Labute approximate surface area is 508 Å². The first-order valence-corrected chi connectivity index (χ1v) is 28.2. The Hall–Kier alpha value is -4.81. The van der Waals surface area contributed by atoms with E-state index in [1.54, 1.807) is 12.1 Å². The van der Waals surface area contributed by atoms with Crippen molar-refractivity contribution in [1.82, 2.24) is 0 Å². The minimum absolute atomic E-state index is 0. The molecule has 4 saturated heterocycles. The van der Waals surface area contributed by atoms with Crippen molar-refractivity contribution in [3.8, 4) is 17.2 Å². The Balaban J connectivity index is 0.00000118. The number of benzene rings is 4. The predicted octanol–water partition coefficient (Wildman–Crippen LogP) is 13.7. The van der Waals surface area contributed by atoms with Gasteiger partial charge in [-0.1, -0.05) is 116 Å². The topological polar surface area (TPSA) is 179 Å². The highest BCUT2D eigenvalue weighted by Crippen LogP contribution is 2.43. The third-order valence-electron chi connectivity index (χ3n) is 14.5. The SMILES string of the molecule is C.C.C.C.C.C1CCOC1.CC1(C)OB(B2OC(C)(C)C(C)(C)O2)OC1(C)C.CC1(C)OB(c2c(C=O)cccc2OCCCOCc2ccccc2)OC1(C)C.O=Cc1cccc(OCCCOCc2ccccc2)c1OS(=O)(=O)C(F)(F)F. The molecule has 4 aromatic rings. The van der Waals surface area contributed by atoms with Crippen LogP contribution in [0.3, 0.4) is 0 Å². The lowest BCUT2D eigenvalue weighted by molar-refractivity contribution is -0.0500. The van der Waals surface area contributed by atoms with Gasteiger partial charge in [0.15, 0.2) is 17.8 Å². The molecule has 85 heavy (non-hydrogen) atoms. The fourth-order valence-electron chi connectivity index (χ4n) is 7.71. The molecule has 0 atom stereocenters. The van der Waals surface area contributed by atoms with Crippen LogP contribution in [0.15, 0.2) is 97.1 Å². The van der Waals surface area contributed by atoms with E-state index in [0.717, 1.165) is 43.1 Å². The average molecular weight is 1220 g/mol. The van der Waals surface area contributed by atoms with Crippen molar-refractivity contribution >= 4 is 49.3 Å². The maximum atomic E-state index is 12.6. The summed E-state index contributed by atoms with van der Waals surface area (Å²) < 4.78 is 128. The standard InChI is InChI=1S/C23H29BO5.C18H17F3O6S.C12H24B2O4.C4H8O.5CH4/c1-22(2)23(3,4)29-24(28-22)21-19(16-25)12-8-13-20(21)27-15-9-14-26-17-18-10-6-5-7-11-18;19-18(20,21)28(23,24)27-17-15(12-22)8-4-9-16(17)26-11-5-10-25-13-14-6-2-1-3-7-14;1-9(2)10(3,4)16-13(15-9)14-17-11(5,6)12(7,8)18-14;1-2-4-5-3-1;;;;;/h5-8,10-13,16H,9,14-15,17H2,1-4H3;1-4,6-9,12H,5,10-11,13H2;1-8H3;1-4H2;5*1H4. The van der Waals surface area contributed by atoms with E-state index in [1.807, 2.05) is 150 Å². The Morgan fingerprint density at radius 1 is 0.494 bits per heavy atom. The van der Waals surface area contributed by atoms with Crippen molar-refractivity contribution in [1.29, 1.82) is 0 Å². The van der Waals surface area contributed by atoms with Crippen LogP contribution in [-0.2, 0) is 65.5 Å². The molecule has 4 fully saturated rings. The summed E-state index contributed by atoms with van der Waals surface area (Å²) in [5.41, 5.74) is -5.15. The molecule has 4 heterocycles. The Morgan fingerprint density at radius 3 is 1.22 bits per heavy atom. The molecule has 23 heteroatoms. The van der Waals surface area contributed by atoms with E-state index in [1.165, 1.54) is 25.0 Å². The summed E-state index contributed by atoms with van der Waals surface area (Å²) >= 11 is 0. The van der Waals surface area contributed by atoms with E-state index in [0.29, 0.717) is 56.2 Å². The minimum Gasteiger partial charge on any atom is -0.494 e. The molecule has 0 spiro atoms. The number of aldehydes is 2. The lowest BCUT2D eigenvalue weighted by Crippen LogP contribution is -2.41. The number of ether oxygens (including phenoxy) is 5. The van der Waals surface area contributed by atoms with Gasteiger partial charge in [0.25, 0.3) is 0 Å². The Morgan fingerprint density at radius 2 is 0.859 bits per heavy atom. The van der Waals surface area contributed by atoms with E-state index in [9.17, 15) is 31.2 Å². The minimum atomic E-state index is -5.94. The molecule has 4 aliphatic heterocycles. The smallest absolute Gasteiger partial charge is 0.494 e. The zero-order valence-electron chi connectivity index (χ0n) is 48.2. The van der Waals surface area contributed by atoms with Crippen LogP contribution in [-0.4, -0.2) is 121 Å². The third-order valence-corrected chi connectivity index (χ3v) is 15.5. The van der Waals surface area contributed by atoms with Crippen LogP contribution in [0.25, 0.3) is 0 Å². The molecule has 16 nitrogen and oxygen atoms in total. The second-order valence-electron chi connectivity index (χ2n) is 22.3. The number of hydrogen-bond donors (Lipinski definition) is 0. The van der Waals surface area contributed by atoms with Crippen molar-refractivity contribution in [3.05, 3.63) is 119 Å². The summed E-state index contributed by atoms with van der Waals surface area (Å²) in [6, 6.07) is 28.5. The maximum Gasteiger partial charge on any atom is 0.534 e. The lowest BCUT2D eigenvalue weighted by Gasteiger charge is -2.32. The number of halogens is 3. The molecule has 4 aliphatic rings. The number of carbonyl (C=O) groups is 2. The molecule has 0 amide bonds. The van der Waals surface area contributed by atoms with Gasteiger partial charge in [0.2, 0.25) is 0 Å². The normalized spacial score (nSPS) is 18.0. The molecule has 0 N–H and O–H groups in total. The quantitative estimate of drug-likeness (QED) is 0.0268. The van der Waals surface area contributed by atoms with E-state index < -0.39 is 53.7 Å². The van der Waals surface area contributed by atoms with Crippen LogP contribution < -0.4 is 19.1 Å². The molecular formula is C62H98B3F3O16S. The van der Waals surface area contributed by atoms with Crippen LogP contribution >= 0.6 is 0 Å². The second-order valence-corrected chi connectivity index (χ2v) is 23.8. The largest absolute Gasteiger partial charge is 0.534 e. The van der Waals surface area contributed by atoms with E-state index in [4.69, 9.17) is 51.6 Å². The van der Waals surface area contributed by atoms with Gasteiger partial charge >= 0.3 is 36.8 Å². The van der Waals surface area contributed by atoms with Crippen LogP contribution in [0.5, 0.6) is 17.2 Å². The van der Waals surface area contributed by atoms with Crippen LogP contribution in [0.2, 0.25) is 0 Å². The van der Waals surface area contributed by atoms with Gasteiger partial charge in [0, 0.05) is 37.1 Å². The second kappa shape index (κ2) is 34.7. The summed E-state index contributed by atoms with van der Waals surface area (Å²) in [6.07, 6.45) is 4.66. The zero-order valence-corrected chi connectivity index (χ0v) is 49.0. The number of rotatable bonds is 20. The highest BCUT2D eigenvalue weighted by Gasteiger charge is 2.64. The third kappa shape index (κ3) is 22.4. The van der Waals surface area contributed by atoms with E-state index >= 15 is 0 Å². The Kier molecular flexibility index (Phi) is 32.7. The zero-order chi connectivity index (χ0) is 59.0. The molecule has 0 aliphatic carbocycles. The highest BCUT2D eigenvalue weighted by atomic mass is 32.2. The molecule has 0 unspecified atom stereocenters. The number of para-hydroxylation sites is 1. The van der Waals surface area contributed by atoms with E-state index in [-0.39, 0.29) is 83.7 Å². The molecular weight excluding hydrogens is 1120 g/mol. The fourth-order valence-corrected chi connectivity index (χ4v) is 8.20. The van der Waals surface area contributed by atoms with Gasteiger partial charge in [-0.15, -0.1) is 0 Å². The summed E-state index contributed by atoms with van der Waals surface area (Å²) in [4.78, 5) is 22.7. The summed E-state index contributed by atoms with van der Waals surface area (Å²) in [7, 11) is -7.54. The van der Waals surface area contributed by atoms with Gasteiger partial charge in [-0.25, -0.2) is 0 Å². The van der Waals surface area contributed by atoms with Gasteiger partial charge in [0.05, 0.1) is 78.8 Å². The monoisotopic (exact) mass is 1220 g/mol. The highest BCUT2D eigenvalue weighted by molar-refractivity contribution is 7.88. The molecule has 0 bridgehead atoms. The fraction of sp³-hybridized carbons (Fsp3) is 0.581. The Bertz CT molecular complexity index is 2600. The molecule has 0 radical (unpaired) electrons. The van der Waals surface area contributed by atoms with Crippen molar-refractivity contribution in [3.63, 3.8) is 0 Å². The van der Waals surface area contributed by atoms with Gasteiger partial charge in [0.1, 0.15) is 12.0 Å². The predicted molar refractivity (Wildman–Crippen MR) is 333 cm³/mol. The van der Waals surface area contributed by atoms with E-state index in [2.05, 4.69) is 4.18 Å². The van der Waals surface area contributed by atoms with Crippen LogP contribution in [0.4, 0.5) is 13.2 Å². The van der Waals surface area contributed by atoms with Crippen molar-refractivity contribution in [2.75, 3.05) is 39.6 Å². The van der Waals surface area contributed by atoms with Crippen molar-refractivity contribution < 1.29 is 87.0 Å². The average Bonchev–Trinajstić information content (AvgIpc) is 2.33. The van der Waals surface area contributed by atoms with Gasteiger partial charge in [-0.05, 0) is 125 Å². The van der Waals surface area contributed by atoms with Gasteiger partial charge < -0.3 is 55.8 Å². The first-order chi connectivity index (χ1) is 37.5.